The van der Waals surface area contributed by atoms with Crippen LogP contribution in [0.15, 0.2) is 23.2 Å². The average molecular weight is 544 g/mol. The van der Waals surface area contributed by atoms with Crippen molar-refractivity contribution < 1.29 is 22.6 Å². The number of aliphatic imine (C=N–C) groups is 1. The lowest BCUT2D eigenvalue weighted by Crippen LogP contribution is -2.40. The van der Waals surface area contributed by atoms with Crippen LogP contribution in [0.3, 0.4) is 0 Å². The van der Waals surface area contributed by atoms with Crippen molar-refractivity contribution in [3.63, 3.8) is 0 Å². The summed E-state index contributed by atoms with van der Waals surface area (Å²) in [5, 5.41) is 6.48. The van der Waals surface area contributed by atoms with E-state index in [1.807, 2.05) is 25.1 Å². The number of methoxy groups -OCH3 is 1. The van der Waals surface area contributed by atoms with Crippen LogP contribution < -0.4 is 20.1 Å². The first-order valence-corrected chi connectivity index (χ1v) is 9.92. The zero-order valence-corrected chi connectivity index (χ0v) is 20.0. The third-order valence-corrected chi connectivity index (χ3v) is 4.90. The number of hydrogen-bond acceptors (Lipinski definition) is 4. The molecule has 0 amide bonds. The quantitative estimate of drug-likeness (QED) is 0.290. The highest BCUT2D eigenvalue weighted by Gasteiger charge is 2.32. The van der Waals surface area contributed by atoms with Gasteiger partial charge >= 0.3 is 6.18 Å². The van der Waals surface area contributed by atoms with Gasteiger partial charge in [-0.15, -0.1) is 24.0 Å². The van der Waals surface area contributed by atoms with E-state index < -0.39 is 12.7 Å². The average Bonchev–Trinajstić information content (AvgIpc) is 2.68. The molecule has 6 nitrogen and oxygen atoms in total. The molecule has 1 heterocycles. The van der Waals surface area contributed by atoms with Gasteiger partial charge in [-0.1, -0.05) is 0 Å². The Morgan fingerprint density at radius 2 is 1.93 bits per heavy atom. The number of piperidine rings is 1. The fourth-order valence-corrected chi connectivity index (χ4v) is 3.42. The third kappa shape index (κ3) is 9.15. The van der Waals surface area contributed by atoms with Crippen molar-refractivity contribution in [2.24, 2.45) is 10.9 Å². The lowest BCUT2D eigenvalue weighted by molar-refractivity contribution is -0.148. The number of anilines is 1. The van der Waals surface area contributed by atoms with Gasteiger partial charge in [0.1, 0.15) is 0 Å². The van der Waals surface area contributed by atoms with Crippen molar-refractivity contribution >= 4 is 35.6 Å². The summed E-state index contributed by atoms with van der Waals surface area (Å²) in [4.78, 5) is 5.71. The second-order valence-corrected chi connectivity index (χ2v) is 7.05. The Kier molecular flexibility index (Phi) is 11.6. The summed E-state index contributed by atoms with van der Waals surface area (Å²) in [5.41, 5.74) is 0.818. The molecule has 1 saturated heterocycles. The molecule has 1 aromatic rings. The summed E-state index contributed by atoms with van der Waals surface area (Å²) in [6.45, 7) is 3.38. The van der Waals surface area contributed by atoms with Gasteiger partial charge in [0, 0.05) is 25.3 Å². The Hall–Kier alpha value is -1.43. The number of ether oxygens (including phenoxy) is 2. The highest BCUT2D eigenvalue weighted by atomic mass is 127. The summed E-state index contributed by atoms with van der Waals surface area (Å²) >= 11 is 0. The van der Waals surface area contributed by atoms with Crippen molar-refractivity contribution in [2.75, 3.05) is 52.3 Å². The van der Waals surface area contributed by atoms with Crippen molar-refractivity contribution in [1.29, 1.82) is 0 Å². The molecule has 0 saturated carbocycles. The number of hydrogen-bond donors (Lipinski definition) is 2. The molecule has 0 unspecified atom stereocenters. The highest BCUT2D eigenvalue weighted by molar-refractivity contribution is 14.0. The number of nitrogens with zero attached hydrogens (tertiary/aromatic N) is 2. The van der Waals surface area contributed by atoms with Gasteiger partial charge in [-0.05, 0) is 57.3 Å². The molecule has 1 aliphatic heterocycles. The van der Waals surface area contributed by atoms with E-state index in [1.165, 1.54) is 4.90 Å². The Morgan fingerprint density at radius 3 is 2.50 bits per heavy atom. The van der Waals surface area contributed by atoms with Gasteiger partial charge in [0.05, 0.1) is 20.3 Å². The molecule has 0 atom stereocenters. The predicted octanol–water partition coefficient (Wildman–Crippen LogP) is 4.36. The van der Waals surface area contributed by atoms with Gasteiger partial charge in [-0.2, -0.15) is 13.2 Å². The van der Waals surface area contributed by atoms with Gasteiger partial charge in [0.15, 0.2) is 17.5 Å². The summed E-state index contributed by atoms with van der Waals surface area (Å²) in [6, 6.07) is 5.57. The second-order valence-electron chi connectivity index (χ2n) is 7.05. The third-order valence-electron chi connectivity index (χ3n) is 4.90. The van der Waals surface area contributed by atoms with Gasteiger partial charge in [0.2, 0.25) is 0 Å². The number of rotatable bonds is 8. The van der Waals surface area contributed by atoms with Crippen molar-refractivity contribution in [3.05, 3.63) is 18.2 Å². The van der Waals surface area contributed by atoms with E-state index >= 15 is 0 Å². The fraction of sp³-hybridized carbons (Fsp3) is 0.650. The minimum Gasteiger partial charge on any atom is -0.493 e. The summed E-state index contributed by atoms with van der Waals surface area (Å²) < 4.78 is 48.3. The van der Waals surface area contributed by atoms with E-state index in [0.29, 0.717) is 49.6 Å². The molecule has 0 aromatic heterocycles. The molecular formula is C20H32F3IN4O2. The minimum atomic E-state index is -4.11. The Balaban J connectivity index is 0.00000450. The van der Waals surface area contributed by atoms with Crippen LogP contribution in [0.2, 0.25) is 0 Å². The Labute approximate surface area is 193 Å². The maximum atomic E-state index is 12.5. The van der Waals surface area contributed by atoms with Gasteiger partial charge < -0.3 is 20.1 Å². The first-order chi connectivity index (χ1) is 13.8. The fourth-order valence-electron chi connectivity index (χ4n) is 3.42. The van der Waals surface area contributed by atoms with E-state index in [2.05, 4.69) is 15.6 Å². The van der Waals surface area contributed by atoms with E-state index in [0.717, 1.165) is 24.9 Å². The highest BCUT2D eigenvalue weighted by Crippen LogP contribution is 2.30. The van der Waals surface area contributed by atoms with E-state index in [4.69, 9.17) is 9.47 Å². The van der Waals surface area contributed by atoms with Crippen LogP contribution in [0.4, 0.5) is 18.9 Å². The number of alkyl halides is 3. The first-order valence-electron chi connectivity index (χ1n) is 9.92. The molecule has 2 N–H and O–H groups in total. The SMILES string of the molecule is CCOc1ccc(NC(=NC)NCCC2CCN(CC(F)(F)F)CC2)cc1OC.I. The minimum absolute atomic E-state index is 0. The van der Waals surface area contributed by atoms with Gasteiger partial charge in [-0.3, -0.25) is 9.89 Å². The normalized spacial score (nSPS) is 16.0. The molecule has 10 heteroatoms. The molecular weight excluding hydrogens is 512 g/mol. The van der Waals surface area contributed by atoms with Crippen LogP contribution in [-0.4, -0.2) is 64.0 Å². The zero-order chi connectivity index (χ0) is 21.3. The monoisotopic (exact) mass is 544 g/mol. The topological polar surface area (TPSA) is 58.1 Å². The van der Waals surface area contributed by atoms with Crippen molar-refractivity contribution in [2.45, 2.75) is 32.4 Å². The number of likely N-dealkylation sites (tertiary alicyclic amines) is 1. The molecule has 1 aromatic carbocycles. The smallest absolute Gasteiger partial charge is 0.401 e. The Morgan fingerprint density at radius 1 is 1.23 bits per heavy atom. The number of guanidine groups is 1. The van der Waals surface area contributed by atoms with Crippen molar-refractivity contribution in [1.82, 2.24) is 10.2 Å². The molecule has 0 radical (unpaired) electrons. The maximum Gasteiger partial charge on any atom is 0.401 e. The lowest BCUT2D eigenvalue weighted by Gasteiger charge is -2.32. The molecule has 0 aliphatic carbocycles. The first kappa shape index (κ1) is 26.6. The van der Waals surface area contributed by atoms with Crippen LogP contribution in [0.5, 0.6) is 11.5 Å². The molecule has 0 bridgehead atoms. The van der Waals surface area contributed by atoms with Crippen LogP contribution in [0, 0.1) is 5.92 Å². The Bertz CT molecular complexity index is 666. The zero-order valence-electron chi connectivity index (χ0n) is 17.7. The van der Waals surface area contributed by atoms with Crippen LogP contribution in [-0.2, 0) is 0 Å². The molecule has 30 heavy (non-hydrogen) atoms. The summed E-state index contributed by atoms with van der Waals surface area (Å²) in [5.74, 6) is 2.37. The molecule has 172 valence electrons. The van der Waals surface area contributed by atoms with Crippen LogP contribution in [0.1, 0.15) is 26.2 Å². The molecule has 0 spiro atoms. The second kappa shape index (κ2) is 13.1. The van der Waals surface area contributed by atoms with Gasteiger partial charge in [-0.25, -0.2) is 0 Å². The van der Waals surface area contributed by atoms with Crippen LogP contribution >= 0.6 is 24.0 Å². The van der Waals surface area contributed by atoms with E-state index in [1.54, 1.807) is 14.2 Å². The summed E-state index contributed by atoms with van der Waals surface area (Å²) in [6.07, 6.45) is -1.64. The van der Waals surface area contributed by atoms with E-state index in [9.17, 15) is 13.2 Å². The molecule has 1 aliphatic rings. The summed E-state index contributed by atoms with van der Waals surface area (Å²) in [7, 11) is 3.28. The molecule has 2 rings (SSSR count). The number of benzene rings is 1. The van der Waals surface area contributed by atoms with E-state index in [-0.39, 0.29) is 24.0 Å². The van der Waals surface area contributed by atoms with Gasteiger partial charge in [0.25, 0.3) is 0 Å². The number of nitrogens with one attached hydrogen (secondary N) is 2. The molecule has 1 fully saturated rings. The maximum absolute atomic E-state index is 12.5. The predicted molar refractivity (Wildman–Crippen MR) is 124 cm³/mol. The lowest BCUT2D eigenvalue weighted by atomic mass is 9.93. The standard InChI is InChI=1S/C20H31F3N4O2.HI/c1-4-29-17-6-5-16(13-18(17)28-3)26-19(24-2)25-10-7-15-8-11-27(12-9-15)14-20(21,22)23;/h5-6,13,15H,4,7-12,14H2,1-3H3,(H2,24,25,26);1H. The number of halogens is 4. The van der Waals surface area contributed by atoms with Crippen LogP contribution in [0.25, 0.3) is 0 Å². The largest absolute Gasteiger partial charge is 0.493 e. The van der Waals surface area contributed by atoms with Crippen molar-refractivity contribution in [3.8, 4) is 11.5 Å².